The van der Waals surface area contributed by atoms with Gasteiger partial charge in [-0.2, -0.15) is 0 Å². The summed E-state index contributed by atoms with van der Waals surface area (Å²) in [7, 11) is 0. The molecule has 0 heterocycles. The van der Waals surface area contributed by atoms with Gasteiger partial charge >= 0.3 is 0 Å². The van der Waals surface area contributed by atoms with Crippen molar-refractivity contribution >= 4 is 5.91 Å². The summed E-state index contributed by atoms with van der Waals surface area (Å²) < 4.78 is 0. The highest BCUT2D eigenvalue weighted by Crippen LogP contribution is 2.18. The zero-order valence-corrected chi connectivity index (χ0v) is 50.8. The molecule has 4 heteroatoms. The average molecular weight is 1050 g/mol. The van der Waals surface area contributed by atoms with Crippen molar-refractivity contribution in [2.75, 3.05) is 6.61 Å². The van der Waals surface area contributed by atoms with Gasteiger partial charge in [0.2, 0.25) is 5.91 Å². The molecule has 0 rings (SSSR count). The number of amides is 1. The number of hydrogen-bond acceptors (Lipinski definition) is 3. The van der Waals surface area contributed by atoms with Crippen molar-refractivity contribution in [2.45, 2.75) is 379 Å². The van der Waals surface area contributed by atoms with E-state index in [2.05, 4.69) is 67.8 Å². The first kappa shape index (κ1) is 73.1. The summed E-state index contributed by atoms with van der Waals surface area (Å²) >= 11 is 0. The van der Waals surface area contributed by atoms with Crippen molar-refractivity contribution in [3.63, 3.8) is 0 Å². The van der Waals surface area contributed by atoms with Gasteiger partial charge in [-0.3, -0.25) is 4.79 Å². The summed E-state index contributed by atoms with van der Waals surface area (Å²) in [5.74, 6) is -0.0673. The molecule has 3 N–H and O–H groups in total. The molecule has 0 aliphatic carbocycles. The predicted octanol–water partition coefficient (Wildman–Crippen LogP) is 23.1. The molecule has 0 aliphatic heterocycles. The van der Waals surface area contributed by atoms with Crippen molar-refractivity contribution in [3.8, 4) is 0 Å². The summed E-state index contributed by atoms with van der Waals surface area (Å²) in [5.41, 5.74) is 0. The van der Waals surface area contributed by atoms with E-state index in [1.807, 2.05) is 6.08 Å². The molecule has 75 heavy (non-hydrogen) atoms. The molecular weight excluding hydrogens is 915 g/mol. The molecule has 1 amide bonds. The van der Waals surface area contributed by atoms with Gasteiger partial charge in [-0.15, -0.1) is 0 Å². The van der Waals surface area contributed by atoms with Crippen LogP contribution in [-0.2, 0) is 4.79 Å². The minimum Gasteiger partial charge on any atom is -0.394 e. The second kappa shape index (κ2) is 66.4. The third-order valence-corrected chi connectivity index (χ3v) is 15.7. The molecule has 0 saturated carbocycles. The number of rotatable bonds is 63. The maximum Gasteiger partial charge on any atom is 0.220 e. The van der Waals surface area contributed by atoms with E-state index in [0.717, 1.165) is 44.9 Å². The molecule has 0 aromatic heterocycles. The number of carbonyl (C=O) groups is 1. The average Bonchev–Trinajstić information content (AvgIpc) is 3.41. The topological polar surface area (TPSA) is 69.6 Å². The highest BCUT2D eigenvalue weighted by Gasteiger charge is 2.18. The molecule has 0 bridgehead atoms. The second-order valence-electron chi connectivity index (χ2n) is 23.2. The molecule has 0 aliphatic rings. The lowest BCUT2D eigenvalue weighted by Crippen LogP contribution is -2.45. The van der Waals surface area contributed by atoms with Crippen molar-refractivity contribution in [1.82, 2.24) is 5.32 Å². The Kier molecular flexibility index (Phi) is 64.7. The van der Waals surface area contributed by atoms with Gasteiger partial charge in [-0.05, 0) is 70.6 Å². The highest BCUT2D eigenvalue weighted by atomic mass is 16.3. The number of nitrogens with one attached hydrogen (secondary N) is 1. The molecule has 4 nitrogen and oxygen atoms in total. The monoisotopic (exact) mass is 1050 g/mol. The van der Waals surface area contributed by atoms with E-state index in [0.29, 0.717) is 6.42 Å². The van der Waals surface area contributed by atoms with E-state index >= 15 is 0 Å². The van der Waals surface area contributed by atoms with E-state index in [9.17, 15) is 15.0 Å². The summed E-state index contributed by atoms with van der Waals surface area (Å²) in [4.78, 5) is 12.5. The lowest BCUT2D eigenvalue weighted by molar-refractivity contribution is -0.123. The quantitative estimate of drug-likeness (QED) is 0.0420. The summed E-state index contributed by atoms with van der Waals surface area (Å²) in [5, 5.41) is 23.2. The molecule has 0 radical (unpaired) electrons. The molecule has 440 valence electrons. The highest BCUT2D eigenvalue weighted by molar-refractivity contribution is 5.76. The van der Waals surface area contributed by atoms with Gasteiger partial charge in [0.25, 0.3) is 0 Å². The Morgan fingerprint density at radius 1 is 0.320 bits per heavy atom. The molecule has 0 fully saturated rings. The number of aliphatic hydroxyl groups is 2. The van der Waals surface area contributed by atoms with Crippen LogP contribution in [0.2, 0.25) is 0 Å². The Labute approximate surface area is 470 Å². The van der Waals surface area contributed by atoms with E-state index < -0.39 is 12.1 Å². The van der Waals surface area contributed by atoms with Crippen molar-refractivity contribution in [3.05, 3.63) is 60.8 Å². The minimum atomic E-state index is -0.863. The zero-order valence-electron chi connectivity index (χ0n) is 50.8. The molecule has 0 spiro atoms. The second-order valence-corrected chi connectivity index (χ2v) is 23.2. The summed E-state index contributed by atoms with van der Waals surface area (Å²) in [6.45, 7) is 4.32. The van der Waals surface area contributed by atoms with E-state index in [-0.39, 0.29) is 12.5 Å². The maximum absolute atomic E-state index is 12.5. The molecular formula is C71H133NO3. The van der Waals surface area contributed by atoms with Crippen LogP contribution in [0.25, 0.3) is 0 Å². The van der Waals surface area contributed by atoms with E-state index in [1.165, 1.54) is 302 Å². The molecule has 0 aromatic rings. The van der Waals surface area contributed by atoms with Gasteiger partial charge in [0.05, 0.1) is 18.8 Å². The lowest BCUT2D eigenvalue weighted by Gasteiger charge is -2.19. The number of carbonyl (C=O) groups excluding carboxylic acids is 1. The summed E-state index contributed by atoms with van der Waals surface area (Å²) in [6, 6.07) is -0.640. The van der Waals surface area contributed by atoms with Crippen LogP contribution in [0.5, 0.6) is 0 Å². The first-order chi connectivity index (χ1) is 37.2. The van der Waals surface area contributed by atoms with Crippen LogP contribution in [0.3, 0.4) is 0 Å². The SMILES string of the molecule is CCCCCCC/C=C\C/C=C\C/C=C\CCCCCCCCCCCCCCCCCCCCCCCCCCCCC(=O)NC(CO)C(O)/C=C/CC/C=C/CCCCCCCCCCCCCCCCCC. The Morgan fingerprint density at radius 3 is 0.867 bits per heavy atom. The Bertz CT molecular complexity index is 1230. The maximum atomic E-state index is 12.5. The van der Waals surface area contributed by atoms with Gasteiger partial charge in [0.15, 0.2) is 0 Å². The molecule has 0 aromatic carbocycles. The fourth-order valence-electron chi connectivity index (χ4n) is 10.6. The Balaban J connectivity index is 3.43. The van der Waals surface area contributed by atoms with Crippen LogP contribution in [0.4, 0.5) is 0 Å². The standard InChI is InChI=1S/C71H133NO3/c1-3-5-7-9-11-13-15-17-19-21-23-25-27-28-29-30-31-32-33-34-35-36-37-38-39-40-41-42-43-44-45-47-49-51-53-55-57-59-61-63-65-67-71(75)72-69(68-73)70(74)66-64-62-60-58-56-54-52-50-48-46-26-24-22-20-18-16-14-12-10-8-6-4-2/h15,17,21,23,27-28,56,58,64,66,69-70,73-74H,3-14,16,18-20,22,24-26,29-55,57,59-63,65,67-68H2,1-2H3,(H,72,75)/b17-15-,23-21-,28-27-,58-56+,66-64+. The van der Waals surface area contributed by atoms with Gasteiger partial charge < -0.3 is 15.5 Å². The lowest BCUT2D eigenvalue weighted by atomic mass is 10.0. The van der Waals surface area contributed by atoms with Crippen LogP contribution in [-0.4, -0.2) is 34.9 Å². The fraction of sp³-hybridized carbons (Fsp3) is 0.845. The number of aliphatic hydroxyl groups excluding tert-OH is 2. The fourth-order valence-corrected chi connectivity index (χ4v) is 10.6. The number of unbranched alkanes of at least 4 members (excludes halogenated alkanes) is 48. The van der Waals surface area contributed by atoms with Crippen LogP contribution >= 0.6 is 0 Å². The molecule has 2 atom stereocenters. The van der Waals surface area contributed by atoms with Gasteiger partial charge in [0, 0.05) is 6.42 Å². The zero-order chi connectivity index (χ0) is 54.1. The number of allylic oxidation sites excluding steroid dienone is 9. The van der Waals surface area contributed by atoms with Crippen molar-refractivity contribution in [1.29, 1.82) is 0 Å². The van der Waals surface area contributed by atoms with Crippen LogP contribution in [0.1, 0.15) is 367 Å². The van der Waals surface area contributed by atoms with Crippen LogP contribution < -0.4 is 5.32 Å². The Hall–Kier alpha value is -1.91. The largest absolute Gasteiger partial charge is 0.394 e. The first-order valence-electron chi connectivity index (χ1n) is 34.0. The van der Waals surface area contributed by atoms with Gasteiger partial charge in [-0.1, -0.05) is 351 Å². The molecule has 0 saturated heterocycles. The van der Waals surface area contributed by atoms with Crippen molar-refractivity contribution < 1.29 is 15.0 Å². The van der Waals surface area contributed by atoms with E-state index in [1.54, 1.807) is 6.08 Å². The van der Waals surface area contributed by atoms with Crippen LogP contribution in [0.15, 0.2) is 60.8 Å². The smallest absolute Gasteiger partial charge is 0.220 e. The Morgan fingerprint density at radius 2 is 0.560 bits per heavy atom. The molecule has 2 unspecified atom stereocenters. The van der Waals surface area contributed by atoms with E-state index in [4.69, 9.17) is 0 Å². The van der Waals surface area contributed by atoms with Gasteiger partial charge in [0.1, 0.15) is 0 Å². The van der Waals surface area contributed by atoms with Crippen LogP contribution in [0, 0.1) is 0 Å². The third-order valence-electron chi connectivity index (χ3n) is 15.7. The normalized spacial score (nSPS) is 13.1. The summed E-state index contributed by atoms with van der Waals surface area (Å²) in [6.07, 6.45) is 94.5. The minimum absolute atomic E-state index is 0.0673. The van der Waals surface area contributed by atoms with Gasteiger partial charge in [-0.25, -0.2) is 0 Å². The predicted molar refractivity (Wildman–Crippen MR) is 336 cm³/mol. The number of hydrogen-bond donors (Lipinski definition) is 3. The third kappa shape index (κ3) is 62.8. The van der Waals surface area contributed by atoms with Crippen molar-refractivity contribution in [2.24, 2.45) is 0 Å². The first-order valence-corrected chi connectivity index (χ1v) is 34.0.